The predicted molar refractivity (Wildman–Crippen MR) is 94.9 cm³/mol. The molecular formula is C19H21NOS. The standard InChI is InChI=1S/C19H21NOS/c1-2-6-15(21)11-12-19-20-18(13-22-19)17-10-5-8-14-7-3-4-9-16(14)17/h3-5,7-10,12,18,20H,2,6,11,13H2,1H3. The van der Waals surface area contributed by atoms with E-state index in [2.05, 4.69) is 47.8 Å². The minimum absolute atomic E-state index is 0.323. The Morgan fingerprint density at radius 3 is 2.95 bits per heavy atom. The molecule has 2 aromatic rings. The lowest BCUT2D eigenvalue weighted by Gasteiger charge is -2.13. The normalized spacial score (nSPS) is 19.5. The molecule has 1 N–H and O–H groups in total. The van der Waals surface area contributed by atoms with Gasteiger partial charge < -0.3 is 5.32 Å². The monoisotopic (exact) mass is 311 g/mol. The third-order valence-corrected chi connectivity index (χ3v) is 5.06. The molecule has 114 valence electrons. The van der Waals surface area contributed by atoms with Gasteiger partial charge in [-0.2, -0.15) is 0 Å². The molecule has 0 spiro atoms. The molecule has 0 amide bonds. The molecule has 0 radical (unpaired) electrons. The Hall–Kier alpha value is -1.74. The minimum atomic E-state index is 0.323. The van der Waals surface area contributed by atoms with E-state index in [1.54, 1.807) is 0 Å². The van der Waals surface area contributed by atoms with Crippen molar-refractivity contribution in [2.24, 2.45) is 0 Å². The summed E-state index contributed by atoms with van der Waals surface area (Å²) in [7, 11) is 0. The summed E-state index contributed by atoms with van der Waals surface area (Å²) in [5, 5.41) is 7.30. The smallest absolute Gasteiger partial charge is 0.136 e. The molecule has 2 nitrogen and oxygen atoms in total. The van der Waals surface area contributed by atoms with E-state index in [1.807, 2.05) is 24.8 Å². The van der Waals surface area contributed by atoms with Gasteiger partial charge in [0, 0.05) is 18.6 Å². The van der Waals surface area contributed by atoms with Crippen LogP contribution in [0, 0.1) is 0 Å². The van der Waals surface area contributed by atoms with Crippen LogP contribution in [-0.4, -0.2) is 11.5 Å². The molecule has 1 unspecified atom stereocenters. The average molecular weight is 311 g/mol. The van der Waals surface area contributed by atoms with Crippen LogP contribution >= 0.6 is 11.8 Å². The molecule has 0 aliphatic carbocycles. The van der Waals surface area contributed by atoms with Crippen LogP contribution in [0.15, 0.2) is 53.6 Å². The number of rotatable bonds is 5. The second kappa shape index (κ2) is 7.01. The number of nitrogens with one attached hydrogen (secondary N) is 1. The molecule has 1 atom stereocenters. The van der Waals surface area contributed by atoms with Gasteiger partial charge in [-0.1, -0.05) is 49.4 Å². The van der Waals surface area contributed by atoms with Crippen molar-refractivity contribution < 1.29 is 4.79 Å². The number of benzene rings is 2. The molecule has 0 aromatic heterocycles. The van der Waals surface area contributed by atoms with E-state index in [-0.39, 0.29) is 0 Å². The Morgan fingerprint density at radius 2 is 2.09 bits per heavy atom. The molecular weight excluding hydrogens is 290 g/mol. The van der Waals surface area contributed by atoms with Gasteiger partial charge >= 0.3 is 0 Å². The molecule has 22 heavy (non-hydrogen) atoms. The summed E-state index contributed by atoms with van der Waals surface area (Å²) in [6.45, 7) is 2.05. The lowest BCUT2D eigenvalue weighted by atomic mass is 10.00. The van der Waals surface area contributed by atoms with Crippen molar-refractivity contribution in [1.82, 2.24) is 5.32 Å². The fraction of sp³-hybridized carbons (Fsp3) is 0.316. The van der Waals surface area contributed by atoms with Gasteiger partial charge in [0.2, 0.25) is 0 Å². The summed E-state index contributed by atoms with van der Waals surface area (Å²) >= 11 is 1.81. The zero-order valence-corrected chi connectivity index (χ0v) is 13.7. The van der Waals surface area contributed by atoms with Gasteiger partial charge in [-0.3, -0.25) is 4.79 Å². The van der Waals surface area contributed by atoms with Crippen LogP contribution in [0.3, 0.4) is 0 Å². The van der Waals surface area contributed by atoms with Crippen molar-refractivity contribution >= 4 is 28.3 Å². The van der Waals surface area contributed by atoms with E-state index in [0.29, 0.717) is 24.7 Å². The lowest BCUT2D eigenvalue weighted by Crippen LogP contribution is -2.14. The van der Waals surface area contributed by atoms with E-state index in [0.717, 1.165) is 17.2 Å². The first-order valence-electron chi connectivity index (χ1n) is 7.87. The van der Waals surface area contributed by atoms with E-state index >= 15 is 0 Å². The van der Waals surface area contributed by atoms with Gasteiger partial charge in [0.1, 0.15) is 5.78 Å². The third kappa shape index (κ3) is 3.36. The van der Waals surface area contributed by atoms with Gasteiger partial charge in [-0.05, 0) is 28.8 Å². The molecule has 3 rings (SSSR count). The quantitative estimate of drug-likeness (QED) is 0.858. The first kappa shape index (κ1) is 15.2. The number of ketones is 1. The van der Waals surface area contributed by atoms with Gasteiger partial charge in [0.15, 0.2) is 0 Å². The molecule has 2 aromatic carbocycles. The molecule has 0 saturated carbocycles. The van der Waals surface area contributed by atoms with Crippen molar-refractivity contribution in [3.05, 3.63) is 59.1 Å². The minimum Gasteiger partial charge on any atom is -0.372 e. The van der Waals surface area contributed by atoms with Crippen molar-refractivity contribution in [2.45, 2.75) is 32.2 Å². The molecule has 1 aliphatic heterocycles. The highest BCUT2D eigenvalue weighted by Gasteiger charge is 2.22. The lowest BCUT2D eigenvalue weighted by molar-refractivity contribution is -0.118. The molecule has 1 aliphatic rings. The van der Waals surface area contributed by atoms with E-state index in [1.165, 1.54) is 16.3 Å². The Labute approximate surface area is 136 Å². The second-order valence-corrected chi connectivity index (χ2v) is 6.70. The Bertz CT molecular complexity index is 702. The summed E-state index contributed by atoms with van der Waals surface area (Å²) in [5.74, 6) is 1.34. The Balaban J connectivity index is 1.74. The highest BCUT2D eigenvalue weighted by atomic mass is 32.2. The third-order valence-electron chi connectivity index (χ3n) is 3.96. The van der Waals surface area contributed by atoms with Crippen LogP contribution < -0.4 is 5.32 Å². The number of allylic oxidation sites excluding steroid dienone is 1. The number of hydrogen-bond acceptors (Lipinski definition) is 3. The van der Waals surface area contributed by atoms with Gasteiger partial charge in [0.25, 0.3) is 0 Å². The Kier molecular flexibility index (Phi) is 4.84. The first-order chi connectivity index (χ1) is 10.8. The van der Waals surface area contributed by atoms with Crippen molar-refractivity contribution in [3.8, 4) is 0 Å². The second-order valence-electron chi connectivity index (χ2n) is 5.64. The summed E-state index contributed by atoms with van der Waals surface area (Å²) < 4.78 is 0. The van der Waals surface area contributed by atoms with E-state index in [4.69, 9.17) is 0 Å². The number of Topliss-reactive ketones (excluding diaryl/α,β-unsaturated/α-hetero) is 1. The van der Waals surface area contributed by atoms with Crippen molar-refractivity contribution in [3.63, 3.8) is 0 Å². The average Bonchev–Trinajstić information content (AvgIpc) is 3.01. The number of thioether (sulfide) groups is 1. The predicted octanol–water partition coefficient (Wildman–Crippen LogP) is 4.82. The maximum Gasteiger partial charge on any atom is 0.136 e. The van der Waals surface area contributed by atoms with E-state index < -0.39 is 0 Å². The van der Waals surface area contributed by atoms with E-state index in [9.17, 15) is 4.79 Å². The SMILES string of the molecule is CCCC(=O)CC=C1NC(c2cccc3ccccc23)CS1. The summed E-state index contributed by atoms with van der Waals surface area (Å²) in [6, 6.07) is 15.3. The summed E-state index contributed by atoms with van der Waals surface area (Å²) in [6.07, 6.45) is 4.21. The number of hydrogen-bond donors (Lipinski definition) is 1. The van der Waals surface area contributed by atoms with Crippen LogP contribution in [0.25, 0.3) is 10.8 Å². The molecule has 3 heteroatoms. The van der Waals surface area contributed by atoms with Crippen molar-refractivity contribution in [2.75, 3.05) is 5.75 Å². The highest BCUT2D eigenvalue weighted by molar-refractivity contribution is 8.03. The number of carbonyl (C=O) groups excluding carboxylic acids is 1. The summed E-state index contributed by atoms with van der Waals surface area (Å²) in [5.41, 5.74) is 1.34. The summed E-state index contributed by atoms with van der Waals surface area (Å²) in [4.78, 5) is 11.6. The maximum absolute atomic E-state index is 11.6. The van der Waals surface area contributed by atoms with Crippen LogP contribution in [0.1, 0.15) is 37.8 Å². The van der Waals surface area contributed by atoms with Crippen LogP contribution in [0.5, 0.6) is 0 Å². The topological polar surface area (TPSA) is 29.1 Å². The van der Waals surface area contributed by atoms with Gasteiger partial charge in [-0.15, -0.1) is 11.8 Å². The molecule has 1 saturated heterocycles. The molecule has 0 bridgehead atoms. The Morgan fingerprint density at radius 1 is 1.27 bits per heavy atom. The highest BCUT2D eigenvalue weighted by Crippen LogP contribution is 2.35. The van der Waals surface area contributed by atoms with Crippen LogP contribution in [0.4, 0.5) is 0 Å². The van der Waals surface area contributed by atoms with Crippen molar-refractivity contribution in [1.29, 1.82) is 0 Å². The zero-order valence-electron chi connectivity index (χ0n) is 12.8. The molecule has 1 heterocycles. The number of carbonyl (C=O) groups is 1. The fourth-order valence-electron chi connectivity index (χ4n) is 2.86. The van der Waals surface area contributed by atoms with Gasteiger partial charge in [0.05, 0.1) is 11.1 Å². The van der Waals surface area contributed by atoms with Gasteiger partial charge in [-0.25, -0.2) is 0 Å². The van der Waals surface area contributed by atoms with Crippen LogP contribution in [0.2, 0.25) is 0 Å². The maximum atomic E-state index is 11.6. The zero-order chi connectivity index (χ0) is 15.4. The first-order valence-corrected chi connectivity index (χ1v) is 8.85. The number of fused-ring (bicyclic) bond motifs is 1. The fourth-order valence-corrected chi connectivity index (χ4v) is 3.89. The van der Waals surface area contributed by atoms with Crippen LogP contribution in [-0.2, 0) is 4.79 Å². The molecule has 1 fully saturated rings. The largest absolute Gasteiger partial charge is 0.372 e.